The molecule has 94 valence electrons. The van der Waals surface area contributed by atoms with Crippen molar-refractivity contribution in [3.05, 3.63) is 30.1 Å². The number of carbonyl (C=O) groups is 1. The van der Waals surface area contributed by atoms with Gasteiger partial charge in [0.2, 0.25) is 0 Å². The Balaban J connectivity index is 2.61. The van der Waals surface area contributed by atoms with Gasteiger partial charge in [0, 0.05) is 0 Å². The van der Waals surface area contributed by atoms with Crippen molar-refractivity contribution in [2.24, 2.45) is 5.73 Å². The van der Waals surface area contributed by atoms with Gasteiger partial charge in [0.25, 0.3) is 0 Å². The summed E-state index contributed by atoms with van der Waals surface area (Å²) in [5.74, 6) is -1.00. The molecule has 1 unspecified atom stereocenters. The topological polar surface area (TPSA) is 61.5 Å². The summed E-state index contributed by atoms with van der Waals surface area (Å²) >= 11 is 0. The van der Waals surface area contributed by atoms with Crippen LogP contribution in [0, 0.1) is 5.82 Å². The van der Waals surface area contributed by atoms with E-state index in [1.54, 1.807) is 19.1 Å². The van der Waals surface area contributed by atoms with E-state index in [1.165, 1.54) is 19.1 Å². The third-order valence-electron chi connectivity index (χ3n) is 2.11. The molecule has 0 amide bonds. The normalized spacial score (nSPS) is 13.9. The Morgan fingerprint density at radius 1 is 1.47 bits per heavy atom. The van der Waals surface area contributed by atoms with E-state index < -0.39 is 17.3 Å². The molecule has 0 spiro atoms. The fourth-order valence-electron chi connectivity index (χ4n) is 1.14. The first-order valence-corrected chi connectivity index (χ1v) is 5.31. The number of halogens is 1. The molecule has 1 aromatic rings. The summed E-state index contributed by atoms with van der Waals surface area (Å²) in [7, 11) is 0. The highest BCUT2D eigenvalue weighted by atomic mass is 19.1. The number of hydrogen-bond acceptors (Lipinski definition) is 4. The van der Waals surface area contributed by atoms with Gasteiger partial charge in [-0.05, 0) is 26.0 Å². The van der Waals surface area contributed by atoms with Gasteiger partial charge in [0.15, 0.2) is 11.6 Å². The maximum atomic E-state index is 13.2. The van der Waals surface area contributed by atoms with Crippen LogP contribution in [0.4, 0.5) is 4.39 Å². The summed E-state index contributed by atoms with van der Waals surface area (Å²) in [6, 6.07) is 5.93. The third kappa shape index (κ3) is 3.71. The lowest BCUT2D eigenvalue weighted by molar-refractivity contribution is -0.150. The molecule has 0 bridgehead atoms. The van der Waals surface area contributed by atoms with Crippen LogP contribution in [-0.4, -0.2) is 24.7 Å². The van der Waals surface area contributed by atoms with Crippen molar-refractivity contribution in [3.8, 4) is 5.75 Å². The molecule has 0 aliphatic heterocycles. The predicted octanol–water partition coefficient (Wildman–Crippen LogP) is 1.48. The zero-order chi connectivity index (χ0) is 12.9. The molecule has 0 saturated heterocycles. The van der Waals surface area contributed by atoms with Crippen molar-refractivity contribution in [3.63, 3.8) is 0 Å². The van der Waals surface area contributed by atoms with E-state index in [0.717, 1.165) is 0 Å². The van der Waals surface area contributed by atoms with Gasteiger partial charge >= 0.3 is 5.97 Å². The lowest BCUT2D eigenvalue weighted by atomic mass is 10.1. The molecule has 0 radical (unpaired) electrons. The van der Waals surface area contributed by atoms with E-state index in [2.05, 4.69) is 0 Å². The number of rotatable bonds is 5. The van der Waals surface area contributed by atoms with Crippen LogP contribution in [0.25, 0.3) is 0 Å². The number of benzene rings is 1. The number of ether oxygens (including phenoxy) is 2. The van der Waals surface area contributed by atoms with Crippen LogP contribution in [0.5, 0.6) is 5.75 Å². The minimum Gasteiger partial charge on any atom is -0.488 e. The molecule has 1 aromatic carbocycles. The van der Waals surface area contributed by atoms with Gasteiger partial charge < -0.3 is 15.2 Å². The number of para-hydroxylation sites is 1. The summed E-state index contributed by atoms with van der Waals surface area (Å²) in [6.45, 7) is 3.26. The molecule has 1 atom stereocenters. The Labute approximate surface area is 99.5 Å². The summed E-state index contributed by atoms with van der Waals surface area (Å²) < 4.78 is 23.2. The van der Waals surface area contributed by atoms with Gasteiger partial charge in [0.05, 0.1) is 6.61 Å². The molecule has 4 nitrogen and oxygen atoms in total. The summed E-state index contributed by atoms with van der Waals surface area (Å²) in [6.07, 6.45) is 0. The predicted molar refractivity (Wildman–Crippen MR) is 61.1 cm³/mol. The second-order valence-corrected chi connectivity index (χ2v) is 3.86. The zero-order valence-electron chi connectivity index (χ0n) is 9.90. The van der Waals surface area contributed by atoms with Crippen molar-refractivity contribution in [1.82, 2.24) is 0 Å². The highest BCUT2D eigenvalue weighted by Gasteiger charge is 2.31. The van der Waals surface area contributed by atoms with Gasteiger partial charge in [-0.3, -0.25) is 0 Å². The van der Waals surface area contributed by atoms with Crippen LogP contribution in [0.3, 0.4) is 0 Å². The van der Waals surface area contributed by atoms with Crippen molar-refractivity contribution >= 4 is 5.97 Å². The second-order valence-electron chi connectivity index (χ2n) is 3.86. The van der Waals surface area contributed by atoms with Crippen LogP contribution < -0.4 is 10.5 Å². The number of esters is 1. The largest absolute Gasteiger partial charge is 0.488 e. The number of hydrogen-bond donors (Lipinski definition) is 1. The SMILES string of the molecule is CCOC(=O)C(C)(N)COc1ccccc1F. The zero-order valence-corrected chi connectivity index (χ0v) is 9.90. The van der Waals surface area contributed by atoms with Gasteiger partial charge in [0.1, 0.15) is 12.1 Å². The first kappa shape index (κ1) is 13.4. The van der Waals surface area contributed by atoms with Gasteiger partial charge in [-0.25, -0.2) is 9.18 Å². The van der Waals surface area contributed by atoms with E-state index in [9.17, 15) is 9.18 Å². The smallest absolute Gasteiger partial charge is 0.329 e. The van der Waals surface area contributed by atoms with E-state index in [-0.39, 0.29) is 19.0 Å². The molecule has 0 heterocycles. The highest BCUT2D eigenvalue weighted by Crippen LogP contribution is 2.17. The lowest BCUT2D eigenvalue weighted by Crippen LogP contribution is -2.51. The molecule has 0 aliphatic carbocycles. The molecular formula is C12H16FNO3. The maximum Gasteiger partial charge on any atom is 0.329 e. The van der Waals surface area contributed by atoms with Crippen molar-refractivity contribution < 1.29 is 18.7 Å². The van der Waals surface area contributed by atoms with Gasteiger partial charge in [-0.2, -0.15) is 0 Å². The Hall–Kier alpha value is -1.62. The second kappa shape index (κ2) is 5.63. The van der Waals surface area contributed by atoms with Gasteiger partial charge in [-0.15, -0.1) is 0 Å². The average Bonchev–Trinajstić information content (AvgIpc) is 2.28. The van der Waals surface area contributed by atoms with Crippen LogP contribution in [0.1, 0.15) is 13.8 Å². The fraction of sp³-hybridized carbons (Fsp3) is 0.417. The first-order chi connectivity index (χ1) is 7.97. The van der Waals surface area contributed by atoms with Crippen molar-refractivity contribution in [2.75, 3.05) is 13.2 Å². The lowest BCUT2D eigenvalue weighted by Gasteiger charge is -2.22. The number of nitrogens with two attached hydrogens (primary N) is 1. The molecule has 0 fully saturated rings. The molecule has 0 saturated carbocycles. The monoisotopic (exact) mass is 241 g/mol. The van der Waals surface area contributed by atoms with Crippen LogP contribution in [0.15, 0.2) is 24.3 Å². The molecule has 1 rings (SSSR count). The first-order valence-electron chi connectivity index (χ1n) is 5.31. The Morgan fingerprint density at radius 2 is 2.12 bits per heavy atom. The van der Waals surface area contributed by atoms with E-state index >= 15 is 0 Å². The third-order valence-corrected chi connectivity index (χ3v) is 2.11. The van der Waals surface area contributed by atoms with Crippen molar-refractivity contribution in [1.29, 1.82) is 0 Å². The molecule has 17 heavy (non-hydrogen) atoms. The quantitative estimate of drug-likeness (QED) is 0.793. The summed E-state index contributed by atoms with van der Waals surface area (Å²) in [4.78, 5) is 11.4. The molecule has 5 heteroatoms. The van der Waals surface area contributed by atoms with E-state index in [0.29, 0.717) is 0 Å². The number of carbonyl (C=O) groups excluding carboxylic acids is 1. The average molecular weight is 241 g/mol. The highest BCUT2D eigenvalue weighted by molar-refractivity contribution is 5.80. The molecule has 2 N–H and O–H groups in total. The molecule has 0 aromatic heterocycles. The van der Waals surface area contributed by atoms with Crippen LogP contribution in [0.2, 0.25) is 0 Å². The minimum atomic E-state index is -1.29. The Bertz CT molecular complexity index is 393. The minimum absolute atomic E-state index is 0.0634. The Morgan fingerprint density at radius 3 is 2.71 bits per heavy atom. The standard InChI is InChI=1S/C12H16FNO3/c1-3-16-11(15)12(2,14)8-17-10-7-5-4-6-9(10)13/h4-7H,3,8,14H2,1-2H3. The van der Waals surface area contributed by atoms with Crippen molar-refractivity contribution in [2.45, 2.75) is 19.4 Å². The van der Waals surface area contributed by atoms with E-state index in [4.69, 9.17) is 15.2 Å². The summed E-state index contributed by atoms with van der Waals surface area (Å²) in [5.41, 5.74) is 4.43. The van der Waals surface area contributed by atoms with Gasteiger partial charge in [-0.1, -0.05) is 12.1 Å². The fourth-order valence-corrected chi connectivity index (χ4v) is 1.14. The molecule has 0 aliphatic rings. The maximum absolute atomic E-state index is 13.2. The van der Waals surface area contributed by atoms with Crippen LogP contribution >= 0.6 is 0 Å². The summed E-state index contributed by atoms with van der Waals surface area (Å²) in [5, 5.41) is 0. The van der Waals surface area contributed by atoms with Crippen LogP contribution in [-0.2, 0) is 9.53 Å². The van der Waals surface area contributed by atoms with E-state index in [1.807, 2.05) is 0 Å². The molecular weight excluding hydrogens is 225 g/mol. The Kier molecular flexibility index (Phi) is 4.45.